The maximum absolute atomic E-state index is 12.2. The number of amides is 1. The van der Waals surface area contributed by atoms with Gasteiger partial charge in [0.1, 0.15) is 11.5 Å². The molecule has 172 valence electrons. The number of nitrogens with one attached hydrogen (secondary N) is 1. The molecular weight excluding hydrogens is 404 g/mol. The van der Waals surface area contributed by atoms with Crippen molar-refractivity contribution in [2.75, 3.05) is 55.0 Å². The number of guanidine groups is 1. The van der Waals surface area contributed by atoms with E-state index in [-0.39, 0.29) is 5.91 Å². The van der Waals surface area contributed by atoms with Crippen LogP contribution in [0.25, 0.3) is 0 Å². The lowest BCUT2D eigenvalue weighted by Gasteiger charge is -2.22. The van der Waals surface area contributed by atoms with Crippen LogP contribution < -0.4 is 14.8 Å². The Morgan fingerprint density at radius 2 is 1.88 bits per heavy atom. The monoisotopic (exact) mass is 438 g/mol. The number of ether oxygens (including phenoxy) is 2. The summed E-state index contributed by atoms with van der Waals surface area (Å²) in [5.74, 6) is 2.95. The van der Waals surface area contributed by atoms with Gasteiger partial charge in [-0.3, -0.25) is 9.79 Å². The summed E-state index contributed by atoms with van der Waals surface area (Å²) in [4.78, 5) is 20.6. The maximum atomic E-state index is 12.2. The van der Waals surface area contributed by atoms with E-state index in [2.05, 4.69) is 33.4 Å². The SMILES string of the molecule is CN=C(NCCc1cccc(C(=O)N(C)C)c1)N1CCC(c2cc(OC)cc(OC)c2)C1. The molecule has 1 aliphatic heterocycles. The van der Waals surface area contributed by atoms with Crippen molar-refractivity contribution < 1.29 is 14.3 Å². The van der Waals surface area contributed by atoms with Gasteiger partial charge in [0.15, 0.2) is 5.96 Å². The summed E-state index contributed by atoms with van der Waals surface area (Å²) in [6.45, 7) is 2.58. The van der Waals surface area contributed by atoms with Crippen molar-refractivity contribution in [3.05, 3.63) is 59.2 Å². The lowest BCUT2D eigenvalue weighted by atomic mass is 9.98. The van der Waals surface area contributed by atoms with E-state index in [0.717, 1.165) is 55.5 Å². The average molecular weight is 439 g/mol. The topological polar surface area (TPSA) is 66.4 Å². The molecule has 0 saturated carbocycles. The number of nitrogens with zero attached hydrogens (tertiary/aromatic N) is 3. The molecule has 7 nitrogen and oxygen atoms in total. The van der Waals surface area contributed by atoms with Gasteiger partial charge >= 0.3 is 0 Å². The molecule has 0 spiro atoms. The van der Waals surface area contributed by atoms with Gasteiger partial charge in [0.25, 0.3) is 5.91 Å². The second kappa shape index (κ2) is 10.9. The highest BCUT2D eigenvalue weighted by molar-refractivity contribution is 5.94. The molecule has 1 N–H and O–H groups in total. The van der Waals surface area contributed by atoms with Crippen LogP contribution in [0.4, 0.5) is 0 Å². The number of hydrogen-bond donors (Lipinski definition) is 1. The lowest BCUT2D eigenvalue weighted by Crippen LogP contribution is -2.40. The van der Waals surface area contributed by atoms with Crippen LogP contribution in [0.5, 0.6) is 11.5 Å². The van der Waals surface area contributed by atoms with Gasteiger partial charge in [0.05, 0.1) is 14.2 Å². The fourth-order valence-electron chi connectivity index (χ4n) is 4.06. The van der Waals surface area contributed by atoms with E-state index in [1.807, 2.05) is 31.3 Å². The molecule has 1 aliphatic rings. The van der Waals surface area contributed by atoms with Gasteiger partial charge < -0.3 is 24.6 Å². The summed E-state index contributed by atoms with van der Waals surface area (Å²) in [5, 5.41) is 3.48. The third kappa shape index (κ3) is 5.72. The highest BCUT2D eigenvalue weighted by Gasteiger charge is 2.26. The first-order valence-corrected chi connectivity index (χ1v) is 10.9. The molecule has 0 radical (unpaired) electrons. The Balaban J connectivity index is 1.58. The molecule has 1 unspecified atom stereocenters. The van der Waals surface area contributed by atoms with Gasteiger partial charge in [-0.25, -0.2) is 0 Å². The first-order chi connectivity index (χ1) is 15.4. The summed E-state index contributed by atoms with van der Waals surface area (Å²) in [6, 6.07) is 13.9. The molecule has 1 atom stereocenters. The number of carbonyl (C=O) groups is 1. The molecule has 7 heteroatoms. The highest BCUT2D eigenvalue weighted by atomic mass is 16.5. The normalized spacial score (nSPS) is 16.1. The second-order valence-electron chi connectivity index (χ2n) is 8.20. The number of carbonyl (C=O) groups excluding carboxylic acids is 1. The Morgan fingerprint density at radius 3 is 2.50 bits per heavy atom. The quantitative estimate of drug-likeness (QED) is 0.532. The summed E-state index contributed by atoms with van der Waals surface area (Å²) in [6.07, 6.45) is 1.86. The molecule has 1 saturated heterocycles. The van der Waals surface area contributed by atoms with E-state index in [9.17, 15) is 4.79 Å². The molecule has 0 aromatic heterocycles. The van der Waals surface area contributed by atoms with Crippen molar-refractivity contribution in [3.63, 3.8) is 0 Å². The van der Waals surface area contributed by atoms with Crippen molar-refractivity contribution in [3.8, 4) is 11.5 Å². The van der Waals surface area contributed by atoms with E-state index in [1.54, 1.807) is 33.2 Å². The highest BCUT2D eigenvalue weighted by Crippen LogP contribution is 2.32. The minimum absolute atomic E-state index is 0.0212. The van der Waals surface area contributed by atoms with Crippen LogP contribution in [0.15, 0.2) is 47.5 Å². The van der Waals surface area contributed by atoms with Crippen LogP contribution in [0.1, 0.15) is 33.8 Å². The van der Waals surface area contributed by atoms with Gasteiger partial charge in [-0.15, -0.1) is 0 Å². The Bertz CT molecular complexity index is 936. The standard InChI is InChI=1S/C25H34N4O3/c1-26-25(27-11-9-18-7-6-8-19(13-18)24(30)28(2)3)29-12-10-20(17-29)21-14-22(31-4)16-23(15-21)32-5/h6-8,13-16,20H,9-12,17H2,1-5H3,(H,26,27). The van der Waals surface area contributed by atoms with E-state index in [1.165, 1.54) is 5.56 Å². The first-order valence-electron chi connectivity index (χ1n) is 10.9. The third-order valence-corrected chi connectivity index (χ3v) is 5.82. The number of benzene rings is 2. The zero-order valence-electron chi connectivity index (χ0n) is 19.7. The number of aliphatic imine (C=N–C) groups is 1. The Hall–Kier alpha value is -3.22. The van der Waals surface area contributed by atoms with E-state index in [4.69, 9.17) is 9.47 Å². The van der Waals surface area contributed by atoms with Crippen LogP contribution >= 0.6 is 0 Å². The molecule has 2 aromatic carbocycles. The number of methoxy groups -OCH3 is 2. The number of rotatable bonds is 7. The van der Waals surface area contributed by atoms with Gasteiger partial charge in [-0.2, -0.15) is 0 Å². The number of hydrogen-bond acceptors (Lipinski definition) is 4. The van der Waals surface area contributed by atoms with Gasteiger partial charge in [-0.1, -0.05) is 12.1 Å². The van der Waals surface area contributed by atoms with Crippen molar-refractivity contribution in [1.82, 2.24) is 15.1 Å². The average Bonchev–Trinajstić information content (AvgIpc) is 3.31. The molecular formula is C25H34N4O3. The van der Waals surface area contributed by atoms with E-state index in [0.29, 0.717) is 11.5 Å². The van der Waals surface area contributed by atoms with Gasteiger partial charge in [0, 0.05) is 58.3 Å². The Labute approximate surface area is 191 Å². The zero-order valence-corrected chi connectivity index (χ0v) is 19.7. The molecule has 0 bridgehead atoms. The smallest absolute Gasteiger partial charge is 0.253 e. The predicted molar refractivity (Wildman–Crippen MR) is 128 cm³/mol. The minimum Gasteiger partial charge on any atom is -0.497 e. The van der Waals surface area contributed by atoms with Crippen LogP contribution in [0.3, 0.4) is 0 Å². The van der Waals surface area contributed by atoms with Crippen molar-refractivity contribution >= 4 is 11.9 Å². The molecule has 32 heavy (non-hydrogen) atoms. The largest absolute Gasteiger partial charge is 0.497 e. The summed E-state index contributed by atoms with van der Waals surface area (Å²) < 4.78 is 10.9. The van der Waals surface area contributed by atoms with Gasteiger partial charge in [-0.05, 0) is 48.2 Å². The van der Waals surface area contributed by atoms with Crippen molar-refractivity contribution in [1.29, 1.82) is 0 Å². The number of likely N-dealkylation sites (tertiary alicyclic amines) is 1. The lowest BCUT2D eigenvalue weighted by molar-refractivity contribution is 0.0827. The molecule has 2 aromatic rings. The second-order valence-corrected chi connectivity index (χ2v) is 8.20. The molecule has 1 heterocycles. The predicted octanol–water partition coefficient (Wildman–Crippen LogP) is 3.01. The summed E-state index contributed by atoms with van der Waals surface area (Å²) in [5.41, 5.74) is 3.07. The summed E-state index contributed by atoms with van der Waals surface area (Å²) >= 11 is 0. The van der Waals surface area contributed by atoms with E-state index < -0.39 is 0 Å². The minimum atomic E-state index is 0.0212. The van der Waals surface area contributed by atoms with Crippen molar-refractivity contribution in [2.45, 2.75) is 18.8 Å². The fourth-order valence-corrected chi connectivity index (χ4v) is 4.06. The third-order valence-electron chi connectivity index (χ3n) is 5.82. The van der Waals surface area contributed by atoms with Crippen LogP contribution in [-0.4, -0.2) is 76.7 Å². The van der Waals surface area contributed by atoms with Crippen LogP contribution in [0.2, 0.25) is 0 Å². The molecule has 1 amide bonds. The van der Waals surface area contributed by atoms with Gasteiger partial charge in [0.2, 0.25) is 0 Å². The van der Waals surface area contributed by atoms with Crippen LogP contribution in [0, 0.1) is 0 Å². The molecule has 3 rings (SSSR count). The summed E-state index contributed by atoms with van der Waals surface area (Å²) in [7, 11) is 8.71. The molecule has 1 fully saturated rings. The van der Waals surface area contributed by atoms with E-state index >= 15 is 0 Å². The Kier molecular flexibility index (Phi) is 7.98. The first kappa shape index (κ1) is 23.4. The maximum Gasteiger partial charge on any atom is 0.253 e. The molecule has 0 aliphatic carbocycles. The zero-order chi connectivity index (χ0) is 23.1. The Morgan fingerprint density at radius 1 is 1.16 bits per heavy atom. The fraction of sp³-hybridized carbons (Fsp3) is 0.440. The van der Waals surface area contributed by atoms with Crippen molar-refractivity contribution in [2.24, 2.45) is 4.99 Å². The van der Waals surface area contributed by atoms with Crippen LogP contribution in [-0.2, 0) is 6.42 Å².